The second-order valence-electron chi connectivity index (χ2n) is 12.4. The van der Waals surface area contributed by atoms with Gasteiger partial charge < -0.3 is 20.4 Å². The number of carbonyl (C=O) groups is 1. The highest BCUT2D eigenvalue weighted by Crippen LogP contribution is 2.39. The van der Waals surface area contributed by atoms with Gasteiger partial charge in [-0.1, -0.05) is 26.8 Å². The molecule has 2 heterocycles. The average Bonchev–Trinajstić information content (AvgIpc) is 3.43. The molecule has 0 bridgehead atoms. The first-order chi connectivity index (χ1) is 19.4. The number of hydrogen-bond acceptors (Lipinski definition) is 8. The van der Waals surface area contributed by atoms with Gasteiger partial charge in [-0.05, 0) is 68.0 Å². The molecule has 0 radical (unpaired) electrons. The zero-order valence-corrected chi connectivity index (χ0v) is 26.3. The molecule has 0 unspecified atom stereocenters. The van der Waals surface area contributed by atoms with Gasteiger partial charge in [0.2, 0.25) is 10.0 Å². The summed E-state index contributed by atoms with van der Waals surface area (Å²) in [6.07, 6.45) is 6.32. The molecule has 0 saturated heterocycles. The van der Waals surface area contributed by atoms with Crippen LogP contribution in [0.5, 0.6) is 5.75 Å². The van der Waals surface area contributed by atoms with E-state index in [4.69, 9.17) is 16.3 Å². The summed E-state index contributed by atoms with van der Waals surface area (Å²) in [5.74, 6) is 7.22. The summed E-state index contributed by atoms with van der Waals surface area (Å²) in [6.45, 7) is 12.2. The number of imidazole rings is 1. The third kappa shape index (κ3) is 6.39. The van der Waals surface area contributed by atoms with Crippen LogP contribution < -0.4 is 31.4 Å². The highest BCUT2D eigenvalue weighted by molar-refractivity contribution is 7.92. The molecule has 2 aromatic carbocycles. The Morgan fingerprint density at radius 2 is 1.86 bits per heavy atom. The lowest BCUT2D eigenvalue weighted by molar-refractivity contribution is 0.102. The number of nitrogens with one attached hydrogen (secondary N) is 2. The average molecular weight is 596 g/mol. The normalized spacial score (nSPS) is 14.8. The van der Waals surface area contributed by atoms with Crippen LogP contribution in [0.25, 0.3) is 5.70 Å². The summed E-state index contributed by atoms with van der Waals surface area (Å²) in [4.78, 5) is 18.0. The van der Waals surface area contributed by atoms with Crippen molar-refractivity contribution in [3.8, 4) is 5.75 Å². The molecule has 0 fully saturated rings. The molecule has 226 valence electrons. The fourth-order valence-electron chi connectivity index (χ4n) is 5.13. The van der Waals surface area contributed by atoms with E-state index in [-0.39, 0.29) is 22.4 Å². The topological polar surface area (TPSA) is 158 Å². The first-order valence-corrected chi connectivity index (χ1v) is 15.5. The number of methoxy groups -OCH3 is 1. The smallest absolute Gasteiger partial charge is 0.255 e. The molecule has 1 aliphatic heterocycles. The molecule has 0 atom stereocenters. The highest BCUT2D eigenvalue weighted by Gasteiger charge is 2.33. The largest absolute Gasteiger partial charge is 0.492 e. The van der Waals surface area contributed by atoms with Crippen molar-refractivity contribution in [1.29, 1.82) is 0 Å². The van der Waals surface area contributed by atoms with E-state index < -0.39 is 15.9 Å². The van der Waals surface area contributed by atoms with Crippen LogP contribution in [0.3, 0.4) is 0 Å². The van der Waals surface area contributed by atoms with Gasteiger partial charge in [-0.3, -0.25) is 14.5 Å². The number of rotatable bonds is 8. The van der Waals surface area contributed by atoms with Gasteiger partial charge in [-0.25, -0.2) is 19.2 Å². The second kappa shape index (κ2) is 11.0. The Labute approximate surface area is 248 Å². The number of hydrazine groups is 1. The van der Waals surface area contributed by atoms with Crippen molar-refractivity contribution in [2.45, 2.75) is 65.3 Å². The molecule has 42 heavy (non-hydrogen) atoms. The van der Waals surface area contributed by atoms with E-state index >= 15 is 0 Å². The van der Waals surface area contributed by atoms with Crippen LogP contribution in [0.1, 0.15) is 74.0 Å². The van der Waals surface area contributed by atoms with Crippen molar-refractivity contribution in [2.24, 2.45) is 11.6 Å². The second-order valence-corrected chi connectivity index (χ2v) is 14.1. The molecule has 3 aromatic rings. The molecule has 1 aromatic heterocycles. The van der Waals surface area contributed by atoms with Crippen LogP contribution in [0, 0.1) is 6.92 Å². The monoisotopic (exact) mass is 595 g/mol. The SMILES string of the molecule is COc1c(NC(=O)c2ccc(C)c(N(N)/C=C(\N)c3cnc4n3C(C)(C)CC4)c2)cc(C(C)(C)C)cc1NS(C)(=O)=O. The van der Waals surface area contributed by atoms with Crippen molar-refractivity contribution in [2.75, 3.05) is 28.4 Å². The van der Waals surface area contributed by atoms with Gasteiger partial charge in [0.1, 0.15) is 5.82 Å². The van der Waals surface area contributed by atoms with Crippen molar-refractivity contribution < 1.29 is 17.9 Å². The van der Waals surface area contributed by atoms with Crippen LogP contribution in [0.4, 0.5) is 17.1 Å². The van der Waals surface area contributed by atoms with E-state index in [1.165, 1.54) is 12.1 Å². The predicted molar refractivity (Wildman–Crippen MR) is 168 cm³/mol. The number of sulfonamides is 1. The van der Waals surface area contributed by atoms with Crippen LogP contribution in [0.15, 0.2) is 42.7 Å². The van der Waals surface area contributed by atoms with Gasteiger partial charge in [0, 0.05) is 23.7 Å². The number of anilines is 3. The van der Waals surface area contributed by atoms with E-state index in [2.05, 4.69) is 33.4 Å². The first kappa shape index (κ1) is 30.9. The number of ether oxygens (including phenoxy) is 1. The molecule has 6 N–H and O–H groups in total. The Hall–Kier alpha value is -4.03. The molecule has 0 saturated carbocycles. The van der Waals surface area contributed by atoms with Crippen LogP contribution >= 0.6 is 0 Å². The van der Waals surface area contributed by atoms with E-state index in [0.717, 1.165) is 41.7 Å². The number of fused-ring (bicyclic) bond motifs is 1. The predicted octanol–water partition coefficient (Wildman–Crippen LogP) is 4.44. The van der Waals surface area contributed by atoms with Gasteiger partial charge in [0.15, 0.2) is 5.75 Å². The molecule has 12 heteroatoms. The zero-order chi connectivity index (χ0) is 31.2. The van der Waals surface area contributed by atoms with Gasteiger partial charge in [0.25, 0.3) is 5.91 Å². The minimum atomic E-state index is -3.61. The summed E-state index contributed by atoms with van der Waals surface area (Å²) in [6, 6.07) is 8.66. The maximum Gasteiger partial charge on any atom is 0.255 e. The van der Waals surface area contributed by atoms with Crippen LogP contribution in [-0.2, 0) is 27.4 Å². The molecular weight excluding hydrogens is 554 g/mol. The van der Waals surface area contributed by atoms with Gasteiger partial charge in [-0.2, -0.15) is 0 Å². The van der Waals surface area contributed by atoms with Crippen LogP contribution in [-0.4, -0.2) is 37.2 Å². The maximum atomic E-state index is 13.5. The standard InChI is InChI=1S/C30H41N7O4S/c1-18-9-10-19(13-24(18)36(32)17-21(31)25-16-33-26-11-12-30(5,6)37(25)26)28(38)34-22-14-20(29(2,3)4)15-23(27(22)41-7)35-42(8,39)40/h9-10,13-17,35H,11-12,31-32H2,1-8H3,(H,34,38)/b21-17-. The minimum Gasteiger partial charge on any atom is -0.492 e. The summed E-state index contributed by atoms with van der Waals surface area (Å²) in [5.41, 5.74) is 10.4. The zero-order valence-electron chi connectivity index (χ0n) is 25.5. The number of nitrogens with zero attached hydrogens (tertiary/aromatic N) is 3. The maximum absolute atomic E-state index is 13.5. The number of amides is 1. The highest BCUT2D eigenvalue weighted by atomic mass is 32.2. The molecule has 11 nitrogen and oxygen atoms in total. The number of hydrogen-bond donors (Lipinski definition) is 4. The van der Waals surface area contributed by atoms with Crippen molar-refractivity contribution in [3.05, 3.63) is 70.9 Å². The minimum absolute atomic E-state index is 0.102. The first-order valence-electron chi connectivity index (χ1n) is 13.6. The Morgan fingerprint density at radius 1 is 1.19 bits per heavy atom. The summed E-state index contributed by atoms with van der Waals surface area (Å²) in [5, 5.41) is 4.29. The van der Waals surface area contributed by atoms with E-state index in [1.807, 2.05) is 27.7 Å². The fourth-order valence-corrected chi connectivity index (χ4v) is 5.69. The summed E-state index contributed by atoms with van der Waals surface area (Å²) >= 11 is 0. The van der Waals surface area contributed by atoms with Gasteiger partial charge >= 0.3 is 0 Å². The van der Waals surface area contributed by atoms with E-state index in [1.54, 1.807) is 42.7 Å². The lowest BCUT2D eigenvalue weighted by Crippen LogP contribution is -2.29. The summed E-state index contributed by atoms with van der Waals surface area (Å²) in [7, 11) is -2.19. The van der Waals surface area contributed by atoms with Crippen LogP contribution in [0.2, 0.25) is 0 Å². The number of aromatic nitrogens is 2. The number of nitrogens with two attached hydrogens (primary N) is 2. The molecule has 1 aliphatic rings. The number of aryl methyl sites for hydroxylation is 2. The van der Waals surface area contributed by atoms with Crippen molar-refractivity contribution in [3.63, 3.8) is 0 Å². The Kier molecular flexibility index (Phi) is 8.09. The van der Waals surface area contributed by atoms with Crippen molar-refractivity contribution >= 4 is 38.7 Å². The number of carbonyl (C=O) groups excluding carboxylic acids is 1. The quantitative estimate of drug-likeness (QED) is 0.220. The van der Waals surface area contributed by atoms with Gasteiger partial charge in [0.05, 0.1) is 48.0 Å². The Bertz CT molecular complexity index is 1670. The molecule has 1 amide bonds. The van der Waals surface area contributed by atoms with E-state index in [9.17, 15) is 13.2 Å². The van der Waals surface area contributed by atoms with Gasteiger partial charge in [-0.15, -0.1) is 0 Å². The molecule has 4 rings (SSSR count). The molecular formula is C30H41N7O4S. The lowest BCUT2D eigenvalue weighted by atomic mass is 9.86. The molecule has 0 aliphatic carbocycles. The molecule has 0 spiro atoms. The Morgan fingerprint density at radius 3 is 2.48 bits per heavy atom. The number of benzene rings is 2. The van der Waals surface area contributed by atoms with E-state index in [0.29, 0.717) is 22.6 Å². The third-order valence-corrected chi connectivity index (χ3v) is 8.02. The Balaban J connectivity index is 1.67. The lowest BCUT2D eigenvalue weighted by Gasteiger charge is -2.25. The van der Waals surface area contributed by atoms with Crippen molar-refractivity contribution in [1.82, 2.24) is 9.55 Å². The fraction of sp³-hybridized carbons (Fsp3) is 0.400. The summed E-state index contributed by atoms with van der Waals surface area (Å²) < 4.78 is 34.3. The third-order valence-electron chi connectivity index (χ3n) is 7.43.